The molecule has 0 bridgehead atoms. The summed E-state index contributed by atoms with van der Waals surface area (Å²) in [5.41, 5.74) is 0. The largest absolute Gasteiger partial charge is 0.488 e. The first-order valence-corrected chi connectivity index (χ1v) is 6.50. The number of hydrogen-bond donors (Lipinski definition) is 1. The highest BCUT2D eigenvalue weighted by Crippen LogP contribution is 2.21. The van der Waals surface area contributed by atoms with Crippen LogP contribution in [-0.4, -0.2) is 18.7 Å². The molecular weight excluding hydrogens is 236 g/mol. The van der Waals surface area contributed by atoms with Gasteiger partial charge in [0.05, 0.1) is 6.10 Å². The molecule has 1 N–H and O–H groups in total. The molecule has 0 spiro atoms. The van der Waals surface area contributed by atoms with Crippen molar-refractivity contribution >= 4 is 0 Å². The lowest BCUT2D eigenvalue weighted by molar-refractivity contribution is 0.197. The molecule has 0 saturated heterocycles. The molecule has 0 aliphatic heterocycles. The van der Waals surface area contributed by atoms with Gasteiger partial charge in [-0.25, -0.2) is 8.78 Å². The molecule has 0 aromatic heterocycles. The van der Waals surface area contributed by atoms with E-state index in [1.54, 1.807) is 0 Å². The van der Waals surface area contributed by atoms with Gasteiger partial charge in [-0.1, -0.05) is 0 Å². The van der Waals surface area contributed by atoms with Crippen LogP contribution in [0.4, 0.5) is 8.78 Å². The normalized spacial score (nSPS) is 16.6. The van der Waals surface area contributed by atoms with E-state index in [4.69, 9.17) is 4.74 Å². The fourth-order valence-corrected chi connectivity index (χ4v) is 1.83. The Morgan fingerprint density at radius 2 is 2.17 bits per heavy atom. The topological polar surface area (TPSA) is 21.3 Å². The zero-order valence-electron chi connectivity index (χ0n) is 10.6. The Hall–Kier alpha value is -1.16. The van der Waals surface area contributed by atoms with Crippen LogP contribution < -0.4 is 10.1 Å². The molecule has 2 nitrogen and oxygen atoms in total. The van der Waals surface area contributed by atoms with Gasteiger partial charge in [0, 0.05) is 12.1 Å². The third-order valence-corrected chi connectivity index (χ3v) is 3.02. The van der Waals surface area contributed by atoms with E-state index in [0.29, 0.717) is 6.04 Å². The van der Waals surface area contributed by atoms with Crippen LogP contribution in [0.15, 0.2) is 18.2 Å². The molecule has 0 radical (unpaired) electrons. The lowest BCUT2D eigenvalue weighted by Gasteiger charge is -2.15. The average molecular weight is 255 g/mol. The Bertz CT molecular complexity index is 393. The summed E-state index contributed by atoms with van der Waals surface area (Å²) >= 11 is 0. The quantitative estimate of drug-likeness (QED) is 0.755. The van der Waals surface area contributed by atoms with Crippen LogP contribution in [0.1, 0.15) is 32.6 Å². The summed E-state index contributed by atoms with van der Waals surface area (Å²) in [6.45, 7) is 2.84. The molecule has 1 atom stereocenters. The van der Waals surface area contributed by atoms with Gasteiger partial charge in [-0.15, -0.1) is 0 Å². The van der Waals surface area contributed by atoms with Gasteiger partial charge in [0.1, 0.15) is 5.82 Å². The second-order valence-corrected chi connectivity index (χ2v) is 4.87. The summed E-state index contributed by atoms with van der Waals surface area (Å²) in [7, 11) is 0. The number of rotatable bonds is 7. The van der Waals surface area contributed by atoms with Gasteiger partial charge < -0.3 is 10.1 Å². The maximum Gasteiger partial charge on any atom is 0.165 e. The number of benzene rings is 1. The number of hydrogen-bond acceptors (Lipinski definition) is 2. The summed E-state index contributed by atoms with van der Waals surface area (Å²) in [6, 6.07) is 3.98. The second kappa shape index (κ2) is 6.14. The lowest BCUT2D eigenvalue weighted by Crippen LogP contribution is -2.20. The molecule has 100 valence electrons. The van der Waals surface area contributed by atoms with Crippen LogP contribution in [0.5, 0.6) is 5.75 Å². The predicted octanol–water partition coefficient (Wildman–Crippen LogP) is 3.26. The summed E-state index contributed by atoms with van der Waals surface area (Å²) in [5.74, 6) is -0.994. The Morgan fingerprint density at radius 1 is 1.39 bits per heavy atom. The smallest absolute Gasteiger partial charge is 0.165 e. The molecule has 1 fully saturated rings. The molecule has 1 unspecified atom stereocenters. The number of halogens is 2. The maximum atomic E-state index is 13.3. The molecule has 1 aromatic carbocycles. The highest BCUT2D eigenvalue weighted by molar-refractivity contribution is 5.25. The van der Waals surface area contributed by atoms with Gasteiger partial charge in [-0.05, 0) is 51.3 Å². The molecule has 1 aliphatic carbocycles. The van der Waals surface area contributed by atoms with Crippen LogP contribution in [0.2, 0.25) is 0 Å². The average Bonchev–Trinajstić information content (AvgIpc) is 3.13. The molecular formula is C14H19F2NO. The van der Waals surface area contributed by atoms with Crippen molar-refractivity contribution in [1.29, 1.82) is 0 Å². The van der Waals surface area contributed by atoms with Gasteiger partial charge in [0.2, 0.25) is 0 Å². The molecule has 1 aromatic rings. The third kappa shape index (κ3) is 4.26. The van der Waals surface area contributed by atoms with Crippen molar-refractivity contribution in [2.75, 3.05) is 6.54 Å². The minimum absolute atomic E-state index is 0.00217. The Morgan fingerprint density at radius 3 is 2.89 bits per heavy atom. The summed E-state index contributed by atoms with van der Waals surface area (Å²) < 4.78 is 31.7. The van der Waals surface area contributed by atoms with E-state index in [1.165, 1.54) is 12.8 Å². The monoisotopic (exact) mass is 255 g/mol. The van der Waals surface area contributed by atoms with Crippen molar-refractivity contribution in [3.8, 4) is 5.75 Å². The fraction of sp³-hybridized carbons (Fsp3) is 0.571. The molecule has 4 heteroatoms. The maximum absolute atomic E-state index is 13.3. The van der Waals surface area contributed by atoms with Crippen LogP contribution in [0.25, 0.3) is 0 Å². The van der Waals surface area contributed by atoms with Gasteiger partial charge in [-0.2, -0.15) is 0 Å². The van der Waals surface area contributed by atoms with Crippen molar-refractivity contribution in [2.24, 2.45) is 0 Å². The van der Waals surface area contributed by atoms with Gasteiger partial charge >= 0.3 is 0 Å². The molecule has 2 rings (SSSR count). The van der Waals surface area contributed by atoms with Crippen molar-refractivity contribution in [3.05, 3.63) is 29.8 Å². The van der Waals surface area contributed by atoms with Crippen molar-refractivity contribution < 1.29 is 13.5 Å². The molecule has 0 amide bonds. The third-order valence-electron chi connectivity index (χ3n) is 3.02. The van der Waals surface area contributed by atoms with E-state index >= 15 is 0 Å². The van der Waals surface area contributed by atoms with E-state index in [1.807, 2.05) is 6.92 Å². The Balaban J connectivity index is 1.71. The van der Waals surface area contributed by atoms with Crippen molar-refractivity contribution in [3.63, 3.8) is 0 Å². The van der Waals surface area contributed by atoms with Gasteiger partial charge in [0.15, 0.2) is 11.6 Å². The molecule has 1 aliphatic rings. The Labute approximate surface area is 106 Å². The van der Waals surface area contributed by atoms with E-state index < -0.39 is 11.6 Å². The highest BCUT2D eigenvalue weighted by atomic mass is 19.1. The highest BCUT2D eigenvalue weighted by Gasteiger charge is 2.19. The first-order chi connectivity index (χ1) is 8.65. The fourth-order valence-electron chi connectivity index (χ4n) is 1.83. The lowest BCUT2D eigenvalue weighted by atomic mass is 10.2. The zero-order valence-corrected chi connectivity index (χ0v) is 10.6. The summed E-state index contributed by atoms with van der Waals surface area (Å²) in [6.07, 6.45) is 4.26. The van der Waals surface area contributed by atoms with Crippen LogP contribution in [0, 0.1) is 11.6 Å². The van der Waals surface area contributed by atoms with Gasteiger partial charge in [-0.3, -0.25) is 0 Å². The minimum Gasteiger partial charge on any atom is -0.488 e. The SMILES string of the molecule is CC(CCCNC1CC1)Oc1cc(F)ccc1F. The first kappa shape index (κ1) is 13.3. The number of ether oxygens (including phenoxy) is 1. The first-order valence-electron chi connectivity index (χ1n) is 6.50. The molecule has 18 heavy (non-hydrogen) atoms. The molecule has 0 heterocycles. The Kier molecular flexibility index (Phi) is 4.53. The van der Waals surface area contributed by atoms with E-state index in [2.05, 4.69) is 5.32 Å². The van der Waals surface area contributed by atoms with Crippen LogP contribution in [-0.2, 0) is 0 Å². The standard InChI is InChI=1S/C14H19F2NO/c1-10(3-2-8-17-12-5-6-12)18-14-9-11(15)4-7-13(14)16/h4,7,9-10,12,17H,2-3,5-6,8H2,1H3. The van der Waals surface area contributed by atoms with Crippen molar-refractivity contribution in [2.45, 2.75) is 44.8 Å². The van der Waals surface area contributed by atoms with Crippen molar-refractivity contribution in [1.82, 2.24) is 5.32 Å². The summed E-state index contributed by atoms with van der Waals surface area (Å²) in [5, 5.41) is 3.41. The molecule has 1 saturated carbocycles. The van der Waals surface area contributed by atoms with Crippen LogP contribution in [0.3, 0.4) is 0 Å². The summed E-state index contributed by atoms with van der Waals surface area (Å²) in [4.78, 5) is 0. The van der Waals surface area contributed by atoms with Crippen LogP contribution >= 0.6 is 0 Å². The zero-order chi connectivity index (χ0) is 13.0. The van der Waals surface area contributed by atoms with E-state index in [9.17, 15) is 8.78 Å². The van der Waals surface area contributed by atoms with Gasteiger partial charge in [0.25, 0.3) is 0 Å². The number of nitrogens with one attached hydrogen (secondary N) is 1. The second-order valence-electron chi connectivity index (χ2n) is 4.87. The van der Waals surface area contributed by atoms with E-state index in [0.717, 1.165) is 37.6 Å². The minimum atomic E-state index is -0.514. The predicted molar refractivity (Wildman–Crippen MR) is 66.7 cm³/mol. The van der Waals surface area contributed by atoms with E-state index in [-0.39, 0.29) is 11.9 Å².